The maximum Gasteiger partial charge on any atom is 0.192 e. The van der Waals surface area contributed by atoms with Crippen molar-refractivity contribution in [2.45, 2.75) is 65.0 Å². The van der Waals surface area contributed by atoms with E-state index < -0.39 is 0 Å². The summed E-state index contributed by atoms with van der Waals surface area (Å²) in [5, 5.41) is 9.69. The molecule has 8 heteroatoms. The molecule has 0 radical (unpaired) electrons. The van der Waals surface area contributed by atoms with Gasteiger partial charge >= 0.3 is 0 Å². The summed E-state index contributed by atoms with van der Waals surface area (Å²) in [6.07, 6.45) is 11.1. The highest BCUT2D eigenvalue weighted by Gasteiger charge is 2.23. The van der Waals surface area contributed by atoms with E-state index in [1.54, 1.807) is 24.2 Å². The molecule has 0 spiro atoms. The number of aromatic nitrogens is 5. The quantitative estimate of drug-likeness (QED) is 0.232. The number of rotatable bonds is 6. The molecule has 33 heavy (non-hydrogen) atoms. The molecule has 0 unspecified atom stereocenters. The first-order valence-electron chi connectivity index (χ1n) is 11.7. The van der Waals surface area contributed by atoms with Gasteiger partial charge in [-0.3, -0.25) is 0 Å². The van der Waals surface area contributed by atoms with Crippen LogP contribution in [0.15, 0.2) is 35.7 Å². The van der Waals surface area contributed by atoms with Gasteiger partial charge in [0.05, 0.1) is 18.7 Å². The minimum Gasteiger partial charge on any atom is -0.497 e. The van der Waals surface area contributed by atoms with Crippen LogP contribution in [-0.4, -0.2) is 37.5 Å². The highest BCUT2D eigenvalue weighted by atomic mass is 16.6. The Balaban J connectivity index is 1.38. The van der Waals surface area contributed by atoms with E-state index in [9.17, 15) is 0 Å². The van der Waals surface area contributed by atoms with Crippen LogP contribution in [0.5, 0.6) is 5.75 Å². The summed E-state index contributed by atoms with van der Waals surface area (Å²) in [6.45, 7) is 4.56. The van der Waals surface area contributed by atoms with Crippen LogP contribution >= 0.6 is 0 Å². The lowest BCUT2D eigenvalue weighted by Crippen LogP contribution is -2.10. The van der Waals surface area contributed by atoms with Crippen molar-refractivity contribution < 1.29 is 9.57 Å². The van der Waals surface area contributed by atoms with Gasteiger partial charge in [-0.05, 0) is 62.1 Å². The van der Waals surface area contributed by atoms with Gasteiger partial charge in [0, 0.05) is 11.7 Å². The maximum absolute atomic E-state index is 5.46. The summed E-state index contributed by atoms with van der Waals surface area (Å²) < 4.78 is 9.36. The Morgan fingerprint density at radius 1 is 1.06 bits per heavy atom. The zero-order valence-electron chi connectivity index (χ0n) is 19.5. The third-order valence-corrected chi connectivity index (χ3v) is 6.69. The number of oxime groups is 1. The molecule has 4 aromatic rings. The van der Waals surface area contributed by atoms with Crippen molar-refractivity contribution in [3.8, 4) is 5.75 Å². The Labute approximate surface area is 193 Å². The van der Waals surface area contributed by atoms with Gasteiger partial charge in [-0.15, -0.1) is 5.10 Å². The van der Waals surface area contributed by atoms with E-state index in [1.807, 2.05) is 24.3 Å². The number of ether oxygens (including phenoxy) is 1. The van der Waals surface area contributed by atoms with Gasteiger partial charge < -0.3 is 14.1 Å². The number of hydrogen-bond donors (Lipinski definition) is 0. The van der Waals surface area contributed by atoms with Gasteiger partial charge in [0.15, 0.2) is 18.1 Å². The Bertz CT molecular complexity index is 1280. The van der Waals surface area contributed by atoms with Crippen molar-refractivity contribution in [3.05, 3.63) is 53.2 Å². The summed E-state index contributed by atoms with van der Waals surface area (Å²) >= 11 is 0. The second-order valence-corrected chi connectivity index (χ2v) is 8.75. The zero-order chi connectivity index (χ0) is 22.8. The van der Waals surface area contributed by atoms with Crippen molar-refractivity contribution in [2.24, 2.45) is 5.16 Å². The lowest BCUT2D eigenvalue weighted by Gasteiger charge is -2.19. The number of methoxy groups -OCH3 is 1. The van der Waals surface area contributed by atoms with E-state index in [0.717, 1.165) is 28.0 Å². The molecule has 3 aromatic heterocycles. The standard InChI is InChI=1S/C25H30N6O2/c1-17-18(2)31(20-8-6-4-5-7-9-20)24-23(17)25-28-22(29-30(25)16-26-24)15-33-27-14-19-10-12-21(32-3)13-11-19/h10-14,16,20H,4-9,15H2,1-3H3/b27-14+. The van der Waals surface area contributed by atoms with Gasteiger partial charge in [-0.1, -0.05) is 30.8 Å². The van der Waals surface area contributed by atoms with E-state index in [1.165, 1.54) is 49.8 Å². The molecule has 1 saturated carbocycles. The van der Waals surface area contributed by atoms with Gasteiger partial charge in [0.25, 0.3) is 0 Å². The van der Waals surface area contributed by atoms with Crippen molar-refractivity contribution in [1.82, 2.24) is 24.1 Å². The van der Waals surface area contributed by atoms with E-state index >= 15 is 0 Å². The highest BCUT2D eigenvalue weighted by molar-refractivity contribution is 5.94. The molecule has 0 amide bonds. The molecule has 1 aliphatic carbocycles. The molecule has 0 aliphatic heterocycles. The van der Waals surface area contributed by atoms with Crippen LogP contribution in [0.1, 0.15) is 67.2 Å². The SMILES string of the molecule is COc1ccc(/C=N/OCc2nc3c4c(C)c(C)n(C5CCCCCC5)c4ncn3n2)cc1. The van der Waals surface area contributed by atoms with Crippen LogP contribution < -0.4 is 4.74 Å². The summed E-state index contributed by atoms with van der Waals surface area (Å²) in [5.74, 6) is 1.38. The predicted molar refractivity (Wildman–Crippen MR) is 128 cm³/mol. The molecule has 172 valence electrons. The number of hydrogen-bond acceptors (Lipinski definition) is 6. The summed E-state index contributed by atoms with van der Waals surface area (Å²) in [5.41, 5.74) is 5.27. The number of benzene rings is 1. The largest absolute Gasteiger partial charge is 0.497 e. The fourth-order valence-corrected chi connectivity index (χ4v) is 4.84. The third kappa shape index (κ3) is 4.17. The molecule has 1 aliphatic rings. The van der Waals surface area contributed by atoms with Crippen molar-refractivity contribution in [3.63, 3.8) is 0 Å². The number of nitrogens with zero attached hydrogens (tertiary/aromatic N) is 6. The number of fused-ring (bicyclic) bond motifs is 3. The highest BCUT2D eigenvalue weighted by Crippen LogP contribution is 2.35. The molecule has 0 bridgehead atoms. The molecular weight excluding hydrogens is 416 g/mol. The average molecular weight is 447 g/mol. The van der Waals surface area contributed by atoms with E-state index in [0.29, 0.717) is 11.9 Å². The molecule has 5 rings (SSSR count). The molecule has 0 atom stereocenters. The lowest BCUT2D eigenvalue weighted by atomic mass is 10.1. The number of aryl methyl sites for hydroxylation is 1. The van der Waals surface area contributed by atoms with Crippen molar-refractivity contribution in [1.29, 1.82) is 0 Å². The normalized spacial score (nSPS) is 15.5. The molecule has 3 heterocycles. The lowest BCUT2D eigenvalue weighted by molar-refractivity contribution is 0.126. The second kappa shape index (κ2) is 9.21. The van der Waals surface area contributed by atoms with Gasteiger partial charge in [-0.25, -0.2) is 14.5 Å². The van der Waals surface area contributed by atoms with E-state index in [-0.39, 0.29) is 6.61 Å². The average Bonchev–Trinajstić information content (AvgIpc) is 3.22. The molecule has 1 fully saturated rings. The molecule has 0 N–H and O–H groups in total. The maximum atomic E-state index is 5.46. The second-order valence-electron chi connectivity index (χ2n) is 8.75. The minimum absolute atomic E-state index is 0.192. The fraction of sp³-hybridized carbons (Fsp3) is 0.440. The zero-order valence-corrected chi connectivity index (χ0v) is 19.5. The first kappa shape index (κ1) is 21.4. The smallest absolute Gasteiger partial charge is 0.192 e. The molecule has 1 aromatic carbocycles. The Morgan fingerprint density at radius 2 is 1.82 bits per heavy atom. The topological polar surface area (TPSA) is 78.8 Å². The van der Waals surface area contributed by atoms with Crippen molar-refractivity contribution >= 4 is 22.9 Å². The summed E-state index contributed by atoms with van der Waals surface area (Å²) in [4.78, 5) is 15.0. The van der Waals surface area contributed by atoms with Gasteiger partial charge in [0.2, 0.25) is 0 Å². The molecule has 0 saturated heterocycles. The van der Waals surface area contributed by atoms with E-state index in [2.05, 4.69) is 28.7 Å². The van der Waals surface area contributed by atoms with Crippen molar-refractivity contribution in [2.75, 3.05) is 7.11 Å². The van der Waals surface area contributed by atoms with Crippen LogP contribution in [0.3, 0.4) is 0 Å². The minimum atomic E-state index is 0.192. The first-order valence-corrected chi connectivity index (χ1v) is 11.7. The fourth-order valence-electron chi connectivity index (χ4n) is 4.84. The predicted octanol–water partition coefficient (Wildman–Crippen LogP) is 5.15. The van der Waals surface area contributed by atoms with Gasteiger partial charge in [-0.2, -0.15) is 0 Å². The third-order valence-electron chi connectivity index (χ3n) is 6.69. The summed E-state index contributed by atoms with van der Waals surface area (Å²) in [6, 6.07) is 8.11. The molecular formula is C25H30N6O2. The Kier molecular flexibility index (Phi) is 5.98. The molecule has 8 nitrogen and oxygen atoms in total. The first-order chi connectivity index (χ1) is 16.2. The van der Waals surface area contributed by atoms with E-state index in [4.69, 9.17) is 19.5 Å². The van der Waals surface area contributed by atoms with Gasteiger partial charge in [0.1, 0.15) is 17.7 Å². The van der Waals surface area contributed by atoms with Crippen LogP contribution in [0.2, 0.25) is 0 Å². The monoisotopic (exact) mass is 446 g/mol. The Hall–Kier alpha value is -3.42. The Morgan fingerprint density at radius 3 is 2.55 bits per heavy atom. The summed E-state index contributed by atoms with van der Waals surface area (Å²) in [7, 11) is 1.65. The van der Waals surface area contributed by atoms with Crippen LogP contribution in [0.25, 0.3) is 16.7 Å². The van der Waals surface area contributed by atoms with Crippen LogP contribution in [-0.2, 0) is 11.4 Å². The van der Waals surface area contributed by atoms with Crippen LogP contribution in [0.4, 0.5) is 0 Å². The van der Waals surface area contributed by atoms with Crippen LogP contribution in [0, 0.1) is 13.8 Å².